The van der Waals surface area contributed by atoms with Gasteiger partial charge in [0.15, 0.2) is 0 Å². The van der Waals surface area contributed by atoms with Crippen LogP contribution in [0.3, 0.4) is 0 Å². The zero-order valence-corrected chi connectivity index (χ0v) is 12.4. The molecule has 2 unspecified atom stereocenters. The van der Waals surface area contributed by atoms with Crippen molar-refractivity contribution >= 4 is 5.91 Å². The van der Waals surface area contributed by atoms with Gasteiger partial charge in [-0.2, -0.15) is 0 Å². The number of nitrogens with zero attached hydrogens (tertiary/aromatic N) is 2. The van der Waals surface area contributed by atoms with E-state index in [9.17, 15) is 4.79 Å². The molecule has 1 aliphatic rings. The minimum absolute atomic E-state index is 0.0222. The number of rotatable bonds is 6. The van der Waals surface area contributed by atoms with Gasteiger partial charge >= 0.3 is 0 Å². The molecule has 0 radical (unpaired) electrons. The molecule has 1 aliphatic heterocycles. The van der Waals surface area contributed by atoms with Gasteiger partial charge in [0.1, 0.15) is 0 Å². The molecule has 2 atom stereocenters. The molecule has 1 fully saturated rings. The van der Waals surface area contributed by atoms with Crippen molar-refractivity contribution in [3.05, 3.63) is 0 Å². The summed E-state index contributed by atoms with van der Waals surface area (Å²) in [6.07, 6.45) is 3.69. The van der Waals surface area contributed by atoms with E-state index < -0.39 is 0 Å². The van der Waals surface area contributed by atoms with Gasteiger partial charge in [-0.1, -0.05) is 6.92 Å². The van der Waals surface area contributed by atoms with E-state index in [1.54, 1.807) is 4.90 Å². The van der Waals surface area contributed by atoms with Crippen molar-refractivity contribution in [2.45, 2.75) is 39.2 Å². The zero-order valence-electron chi connectivity index (χ0n) is 12.4. The van der Waals surface area contributed by atoms with Gasteiger partial charge in [0.25, 0.3) is 0 Å². The fraction of sp³-hybridized carbons (Fsp3) is 0.929. The number of nitrogens with one attached hydrogen (secondary N) is 1. The van der Waals surface area contributed by atoms with E-state index in [4.69, 9.17) is 0 Å². The first-order valence-electron chi connectivity index (χ1n) is 7.22. The van der Waals surface area contributed by atoms with Crippen molar-refractivity contribution in [2.75, 3.05) is 40.3 Å². The summed E-state index contributed by atoms with van der Waals surface area (Å²) < 4.78 is 0. The first kappa shape index (κ1) is 15.4. The molecule has 4 heteroatoms. The van der Waals surface area contributed by atoms with E-state index >= 15 is 0 Å². The number of hydrogen-bond donors (Lipinski definition) is 1. The molecule has 0 bridgehead atoms. The number of hydrogen-bond acceptors (Lipinski definition) is 3. The Kier molecular flexibility index (Phi) is 6.65. The highest BCUT2D eigenvalue weighted by atomic mass is 16.2. The third kappa shape index (κ3) is 4.58. The molecule has 1 heterocycles. The maximum atomic E-state index is 12.0. The lowest BCUT2D eigenvalue weighted by Crippen LogP contribution is -2.50. The van der Waals surface area contributed by atoms with Crippen molar-refractivity contribution in [2.24, 2.45) is 5.92 Å². The van der Waals surface area contributed by atoms with Crippen molar-refractivity contribution in [1.82, 2.24) is 15.1 Å². The molecule has 0 spiro atoms. The average molecular weight is 255 g/mol. The Bertz CT molecular complexity index is 255. The number of amides is 1. The SMILES string of the molecule is CCCNCC1CCCN(C(C)C(=O)N(C)C)C1. The molecule has 1 saturated heterocycles. The molecule has 0 aromatic carbocycles. The third-order valence-electron chi connectivity index (χ3n) is 3.76. The van der Waals surface area contributed by atoms with E-state index in [2.05, 4.69) is 17.1 Å². The van der Waals surface area contributed by atoms with Gasteiger partial charge in [-0.3, -0.25) is 9.69 Å². The van der Waals surface area contributed by atoms with Gasteiger partial charge in [0.2, 0.25) is 5.91 Å². The maximum Gasteiger partial charge on any atom is 0.239 e. The topological polar surface area (TPSA) is 35.6 Å². The molecule has 0 aromatic rings. The van der Waals surface area contributed by atoms with E-state index in [1.165, 1.54) is 19.3 Å². The summed E-state index contributed by atoms with van der Waals surface area (Å²) in [6.45, 7) is 8.53. The number of likely N-dealkylation sites (N-methyl/N-ethyl adjacent to an activating group) is 1. The van der Waals surface area contributed by atoms with Crippen molar-refractivity contribution in [3.8, 4) is 0 Å². The standard InChI is InChI=1S/C14H29N3O/c1-5-8-15-10-13-7-6-9-17(11-13)12(2)14(18)16(3)4/h12-13,15H,5-11H2,1-4H3. The molecule has 0 saturated carbocycles. The molecule has 1 N–H and O–H groups in total. The lowest BCUT2D eigenvalue weighted by atomic mass is 9.96. The molecule has 106 valence electrons. The highest BCUT2D eigenvalue weighted by Crippen LogP contribution is 2.18. The monoisotopic (exact) mass is 255 g/mol. The summed E-state index contributed by atoms with van der Waals surface area (Å²) in [5.74, 6) is 0.917. The van der Waals surface area contributed by atoms with Crippen LogP contribution in [0, 0.1) is 5.92 Å². The van der Waals surface area contributed by atoms with Gasteiger partial charge < -0.3 is 10.2 Å². The predicted octanol–water partition coefficient (Wildman–Crippen LogP) is 1.17. The molecule has 0 aliphatic carbocycles. The van der Waals surface area contributed by atoms with E-state index in [0.717, 1.165) is 26.2 Å². The van der Waals surface area contributed by atoms with Crippen LogP contribution in [-0.2, 0) is 4.79 Å². The fourth-order valence-corrected chi connectivity index (χ4v) is 2.63. The summed E-state index contributed by atoms with van der Waals surface area (Å²) in [5.41, 5.74) is 0. The van der Waals surface area contributed by atoms with Crippen LogP contribution in [0.5, 0.6) is 0 Å². The molecule has 1 amide bonds. The van der Waals surface area contributed by atoms with Crippen molar-refractivity contribution in [3.63, 3.8) is 0 Å². The molecular weight excluding hydrogens is 226 g/mol. The van der Waals surface area contributed by atoms with Crippen LogP contribution in [0.1, 0.15) is 33.1 Å². The second kappa shape index (κ2) is 7.74. The lowest BCUT2D eigenvalue weighted by Gasteiger charge is -2.37. The van der Waals surface area contributed by atoms with Gasteiger partial charge in [0, 0.05) is 20.6 Å². The highest BCUT2D eigenvalue weighted by Gasteiger charge is 2.27. The summed E-state index contributed by atoms with van der Waals surface area (Å²) in [5, 5.41) is 3.49. The summed E-state index contributed by atoms with van der Waals surface area (Å²) in [4.78, 5) is 16.0. The van der Waals surface area contributed by atoms with E-state index in [0.29, 0.717) is 5.92 Å². The van der Waals surface area contributed by atoms with Gasteiger partial charge in [-0.25, -0.2) is 0 Å². The Morgan fingerprint density at radius 3 is 2.83 bits per heavy atom. The van der Waals surface area contributed by atoms with Crippen LogP contribution < -0.4 is 5.32 Å². The Morgan fingerprint density at radius 1 is 1.50 bits per heavy atom. The van der Waals surface area contributed by atoms with Crippen molar-refractivity contribution in [1.29, 1.82) is 0 Å². The van der Waals surface area contributed by atoms with Crippen molar-refractivity contribution < 1.29 is 4.79 Å². The van der Waals surface area contributed by atoms with Crippen LogP contribution >= 0.6 is 0 Å². The quantitative estimate of drug-likeness (QED) is 0.724. The smallest absolute Gasteiger partial charge is 0.239 e. The van der Waals surface area contributed by atoms with Crippen LogP contribution in [-0.4, -0.2) is 62.0 Å². The summed E-state index contributed by atoms with van der Waals surface area (Å²) >= 11 is 0. The Hall–Kier alpha value is -0.610. The fourth-order valence-electron chi connectivity index (χ4n) is 2.63. The molecule has 18 heavy (non-hydrogen) atoms. The normalized spacial score (nSPS) is 22.8. The van der Waals surface area contributed by atoms with Gasteiger partial charge in [0.05, 0.1) is 6.04 Å². The summed E-state index contributed by atoms with van der Waals surface area (Å²) in [6, 6.07) is 0.0222. The molecular formula is C14H29N3O. The number of piperidine rings is 1. The maximum absolute atomic E-state index is 12.0. The van der Waals surface area contributed by atoms with E-state index in [-0.39, 0.29) is 11.9 Å². The Morgan fingerprint density at radius 2 is 2.22 bits per heavy atom. The lowest BCUT2D eigenvalue weighted by molar-refractivity contribution is -0.134. The minimum Gasteiger partial charge on any atom is -0.347 e. The largest absolute Gasteiger partial charge is 0.347 e. The average Bonchev–Trinajstić information content (AvgIpc) is 2.37. The zero-order chi connectivity index (χ0) is 13.5. The molecule has 0 aromatic heterocycles. The first-order chi connectivity index (χ1) is 8.56. The van der Waals surface area contributed by atoms with Gasteiger partial charge in [-0.05, 0) is 51.7 Å². The van der Waals surface area contributed by atoms with Crippen LogP contribution in [0.4, 0.5) is 0 Å². The second-order valence-corrected chi connectivity index (χ2v) is 5.62. The summed E-state index contributed by atoms with van der Waals surface area (Å²) in [7, 11) is 3.67. The number of likely N-dealkylation sites (tertiary alicyclic amines) is 1. The van der Waals surface area contributed by atoms with Crippen LogP contribution in [0.2, 0.25) is 0 Å². The highest BCUT2D eigenvalue weighted by molar-refractivity contribution is 5.80. The number of carbonyl (C=O) groups excluding carboxylic acids is 1. The Labute approximate surface area is 112 Å². The molecule has 4 nitrogen and oxygen atoms in total. The Balaban J connectivity index is 2.40. The molecule has 1 rings (SSSR count). The minimum atomic E-state index is 0.0222. The second-order valence-electron chi connectivity index (χ2n) is 5.62. The first-order valence-corrected chi connectivity index (χ1v) is 7.22. The third-order valence-corrected chi connectivity index (χ3v) is 3.76. The number of carbonyl (C=O) groups is 1. The van der Waals surface area contributed by atoms with E-state index in [1.807, 2.05) is 21.0 Å². The van der Waals surface area contributed by atoms with Crippen LogP contribution in [0.25, 0.3) is 0 Å². The van der Waals surface area contributed by atoms with Crippen LogP contribution in [0.15, 0.2) is 0 Å². The van der Waals surface area contributed by atoms with Gasteiger partial charge in [-0.15, -0.1) is 0 Å². The predicted molar refractivity (Wildman–Crippen MR) is 75.6 cm³/mol.